The molecule has 2 bridgehead atoms. The molecule has 22 heavy (non-hydrogen) atoms. The maximum absolute atomic E-state index is 13.2. The van der Waals surface area contributed by atoms with Crippen LogP contribution >= 0.6 is 0 Å². The Labute approximate surface area is 129 Å². The smallest absolute Gasteiger partial charge is 0.275 e. The molecule has 3 nitrogen and oxygen atoms in total. The fourth-order valence-corrected chi connectivity index (χ4v) is 4.90. The van der Waals surface area contributed by atoms with Gasteiger partial charge in [0.25, 0.3) is 5.56 Å². The Hall–Kier alpha value is -1.84. The topological polar surface area (TPSA) is 26.9 Å². The van der Waals surface area contributed by atoms with Crippen molar-refractivity contribution >= 4 is 0 Å². The van der Waals surface area contributed by atoms with Crippen molar-refractivity contribution in [3.63, 3.8) is 0 Å². The fraction of sp³-hybridized carbons (Fsp3) is 0.500. The SMILES string of the molecule is Cn1c2c(c(=O)n1-c1ccc(F)cc1)[C@H]1CC[C@]2(C)C1(C)C. The zero-order valence-electron chi connectivity index (χ0n) is 13.5. The van der Waals surface area contributed by atoms with Crippen molar-refractivity contribution in [2.75, 3.05) is 0 Å². The minimum atomic E-state index is -0.285. The van der Waals surface area contributed by atoms with Crippen LogP contribution in [0.15, 0.2) is 29.1 Å². The molecule has 0 aliphatic heterocycles. The number of hydrogen-bond donors (Lipinski definition) is 0. The van der Waals surface area contributed by atoms with E-state index in [0.717, 1.165) is 24.1 Å². The standard InChI is InChI=1S/C18H21FN2O/c1-17(2)13-9-10-18(17,3)15-14(13)16(22)21(20(15)4)12-7-5-11(19)6-8-12/h5-8,13H,9-10H2,1-4H3/t13-,18+/m1/s1. The van der Waals surface area contributed by atoms with Gasteiger partial charge in [-0.05, 0) is 48.4 Å². The number of benzene rings is 1. The quantitative estimate of drug-likeness (QED) is 0.792. The molecule has 2 aromatic rings. The molecule has 4 heteroatoms. The van der Waals surface area contributed by atoms with E-state index in [-0.39, 0.29) is 22.2 Å². The lowest BCUT2D eigenvalue weighted by molar-refractivity contribution is 0.218. The number of aromatic nitrogens is 2. The number of halogens is 1. The molecule has 2 aliphatic carbocycles. The van der Waals surface area contributed by atoms with Gasteiger partial charge in [0.15, 0.2) is 0 Å². The summed E-state index contributed by atoms with van der Waals surface area (Å²) in [6.07, 6.45) is 2.21. The highest BCUT2D eigenvalue weighted by atomic mass is 19.1. The van der Waals surface area contributed by atoms with Gasteiger partial charge >= 0.3 is 0 Å². The first-order valence-electron chi connectivity index (χ1n) is 7.87. The van der Waals surface area contributed by atoms with Crippen LogP contribution in [-0.2, 0) is 12.5 Å². The van der Waals surface area contributed by atoms with Crippen LogP contribution in [0, 0.1) is 11.2 Å². The van der Waals surface area contributed by atoms with Gasteiger partial charge in [-0.2, -0.15) is 0 Å². The van der Waals surface area contributed by atoms with Crippen molar-refractivity contribution in [1.82, 2.24) is 9.36 Å². The Bertz CT molecular complexity index is 828. The van der Waals surface area contributed by atoms with Gasteiger partial charge in [0, 0.05) is 18.0 Å². The summed E-state index contributed by atoms with van der Waals surface area (Å²) < 4.78 is 16.9. The highest BCUT2D eigenvalue weighted by Crippen LogP contribution is 2.66. The zero-order chi connectivity index (χ0) is 15.9. The van der Waals surface area contributed by atoms with Gasteiger partial charge in [-0.15, -0.1) is 0 Å². The molecule has 0 unspecified atom stereocenters. The summed E-state index contributed by atoms with van der Waals surface area (Å²) in [5.41, 5.74) is 3.09. The second kappa shape index (κ2) is 3.92. The Morgan fingerprint density at radius 3 is 2.41 bits per heavy atom. The van der Waals surface area contributed by atoms with E-state index in [1.807, 2.05) is 11.7 Å². The molecule has 116 valence electrons. The molecule has 1 heterocycles. The van der Waals surface area contributed by atoms with E-state index < -0.39 is 0 Å². The molecule has 1 aromatic heterocycles. The van der Waals surface area contributed by atoms with Gasteiger partial charge in [-0.1, -0.05) is 20.8 Å². The Balaban J connectivity index is 2.00. The number of rotatable bonds is 1. The molecular weight excluding hydrogens is 279 g/mol. The second-order valence-corrected chi connectivity index (χ2v) is 7.52. The van der Waals surface area contributed by atoms with Crippen LogP contribution in [0.1, 0.15) is 50.8 Å². The summed E-state index contributed by atoms with van der Waals surface area (Å²) >= 11 is 0. The van der Waals surface area contributed by atoms with E-state index in [0.29, 0.717) is 5.92 Å². The molecule has 1 saturated carbocycles. The second-order valence-electron chi connectivity index (χ2n) is 7.52. The fourth-order valence-electron chi connectivity index (χ4n) is 4.90. The minimum absolute atomic E-state index is 0.0339. The van der Waals surface area contributed by atoms with Crippen molar-refractivity contribution in [2.24, 2.45) is 12.5 Å². The van der Waals surface area contributed by atoms with Crippen molar-refractivity contribution in [3.05, 3.63) is 51.7 Å². The molecular formula is C18H21FN2O. The predicted octanol–water partition coefficient (Wildman–Crippen LogP) is 3.49. The number of hydrogen-bond acceptors (Lipinski definition) is 1. The van der Waals surface area contributed by atoms with Crippen LogP contribution in [-0.4, -0.2) is 9.36 Å². The summed E-state index contributed by atoms with van der Waals surface area (Å²) in [5, 5.41) is 0. The molecule has 0 radical (unpaired) electrons. The molecule has 0 N–H and O–H groups in total. The Morgan fingerprint density at radius 2 is 1.82 bits per heavy atom. The highest BCUT2D eigenvalue weighted by Gasteiger charge is 2.62. The summed E-state index contributed by atoms with van der Waals surface area (Å²) in [4.78, 5) is 13.0. The van der Waals surface area contributed by atoms with Gasteiger partial charge in [-0.3, -0.25) is 9.48 Å². The Kier molecular flexibility index (Phi) is 2.46. The lowest BCUT2D eigenvalue weighted by Gasteiger charge is -2.36. The number of fused-ring (bicyclic) bond motifs is 5. The largest absolute Gasteiger partial charge is 0.284 e. The minimum Gasteiger partial charge on any atom is -0.284 e. The molecule has 0 saturated heterocycles. The third-order valence-corrected chi connectivity index (χ3v) is 6.47. The lowest BCUT2D eigenvalue weighted by Crippen LogP contribution is -2.35. The van der Waals surface area contributed by atoms with Crippen LogP contribution in [0.3, 0.4) is 0 Å². The van der Waals surface area contributed by atoms with Gasteiger partial charge in [0.05, 0.1) is 11.4 Å². The summed E-state index contributed by atoms with van der Waals surface area (Å²) in [6.45, 7) is 6.85. The zero-order valence-corrected chi connectivity index (χ0v) is 13.5. The molecule has 1 aromatic carbocycles. The van der Waals surface area contributed by atoms with Crippen LogP contribution in [0.5, 0.6) is 0 Å². The van der Waals surface area contributed by atoms with Crippen molar-refractivity contribution < 1.29 is 4.39 Å². The maximum atomic E-state index is 13.2. The molecule has 0 amide bonds. The predicted molar refractivity (Wildman–Crippen MR) is 84.1 cm³/mol. The van der Waals surface area contributed by atoms with E-state index in [1.54, 1.807) is 16.8 Å². The first-order chi connectivity index (χ1) is 10.3. The molecule has 1 fully saturated rings. The van der Waals surface area contributed by atoms with E-state index in [1.165, 1.54) is 17.8 Å². The van der Waals surface area contributed by atoms with Crippen molar-refractivity contribution in [3.8, 4) is 5.69 Å². The van der Waals surface area contributed by atoms with Gasteiger partial charge in [0.2, 0.25) is 0 Å². The van der Waals surface area contributed by atoms with E-state index in [2.05, 4.69) is 20.8 Å². The van der Waals surface area contributed by atoms with Crippen LogP contribution in [0.4, 0.5) is 4.39 Å². The first-order valence-corrected chi connectivity index (χ1v) is 7.87. The average molecular weight is 300 g/mol. The maximum Gasteiger partial charge on any atom is 0.275 e. The normalized spacial score (nSPS) is 28.1. The van der Waals surface area contributed by atoms with E-state index in [9.17, 15) is 9.18 Å². The lowest BCUT2D eigenvalue weighted by atomic mass is 9.70. The molecule has 0 spiro atoms. The molecule has 4 rings (SSSR count). The van der Waals surface area contributed by atoms with Crippen LogP contribution in [0.2, 0.25) is 0 Å². The summed E-state index contributed by atoms with van der Waals surface area (Å²) in [5.74, 6) is 0.0413. The van der Waals surface area contributed by atoms with Crippen molar-refractivity contribution in [1.29, 1.82) is 0 Å². The average Bonchev–Trinajstić information content (AvgIpc) is 2.92. The van der Waals surface area contributed by atoms with Gasteiger partial charge < -0.3 is 0 Å². The first kappa shape index (κ1) is 13.8. The summed E-state index contributed by atoms with van der Waals surface area (Å²) in [7, 11) is 1.95. The highest BCUT2D eigenvalue weighted by molar-refractivity contribution is 5.47. The van der Waals surface area contributed by atoms with Crippen LogP contribution < -0.4 is 5.56 Å². The Morgan fingerprint density at radius 1 is 1.18 bits per heavy atom. The van der Waals surface area contributed by atoms with Crippen molar-refractivity contribution in [2.45, 2.75) is 44.9 Å². The van der Waals surface area contributed by atoms with Gasteiger partial charge in [-0.25, -0.2) is 9.07 Å². The third kappa shape index (κ3) is 1.34. The summed E-state index contributed by atoms with van der Waals surface area (Å²) in [6, 6.07) is 6.14. The van der Waals surface area contributed by atoms with Gasteiger partial charge in [0.1, 0.15) is 5.82 Å². The van der Waals surface area contributed by atoms with E-state index in [4.69, 9.17) is 0 Å². The number of nitrogens with zero attached hydrogens (tertiary/aromatic N) is 2. The molecule has 2 aliphatic rings. The molecule has 2 atom stereocenters. The van der Waals surface area contributed by atoms with Crippen LogP contribution in [0.25, 0.3) is 5.69 Å². The monoisotopic (exact) mass is 300 g/mol. The van der Waals surface area contributed by atoms with E-state index >= 15 is 0 Å². The third-order valence-electron chi connectivity index (χ3n) is 6.47.